The average molecular weight is 518 g/mol. The zero-order chi connectivity index (χ0) is 27.1. The molecule has 2 aromatic heterocycles. The topological polar surface area (TPSA) is 130 Å². The molecule has 38 heavy (non-hydrogen) atoms. The Morgan fingerprint density at radius 3 is 2.61 bits per heavy atom. The van der Waals surface area contributed by atoms with Crippen molar-refractivity contribution in [1.29, 1.82) is 0 Å². The number of carbonyl (C=O) groups is 1. The minimum atomic E-state index is -0.485. The second-order valence-electron chi connectivity index (χ2n) is 9.01. The van der Waals surface area contributed by atoms with E-state index in [1.807, 2.05) is 55.5 Å². The van der Waals surface area contributed by atoms with Crippen LogP contribution in [0, 0.1) is 0 Å². The summed E-state index contributed by atoms with van der Waals surface area (Å²) in [5, 5.41) is 7.33. The van der Waals surface area contributed by atoms with Crippen LogP contribution in [0.2, 0.25) is 0 Å². The van der Waals surface area contributed by atoms with Gasteiger partial charge in [-0.15, -0.1) is 0 Å². The van der Waals surface area contributed by atoms with Gasteiger partial charge in [-0.3, -0.25) is 0 Å². The predicted octanol–water partition coefficient (Wildman–Crippen LogP) is 4.57. The molecule has 0 spiro atoms. The summed E-state index contributed by atoms with van der Waals surface area (Å²) in [6, 6.07) is 11.4. The van der Waals surface area contributed by atoms with Gasteiger partial charge in [0, 0.05) is 49.0 Å². The number of hydrogen-bond acceptors (Lipinski definition) is 9. The van der Waals surface area contributed by atoms with Gasteiger partial charge in [-0.05, 0) is 45.0 Å². The van der Waals surface area contributed by atoms with Gasteiger partial charge >= 0.3 is 5.97 Å². The lowest BCUT2D eigenvalue weighted by Gasteiger charge is -2.19. The van der Waals surface area contributed by atoms with E-state index < -0.39 is 5.97 Å². The summed E-state index contributed by atoms with van der Waals surface area (Å²) in [6.07, 6.45) is 6.07. The number of ether oxygens (including phenoxy) is 2. The fourth-order valence-electron chi connectivity index (χ4n) is 4.26. The van der Waals surface area contributed by atoms with Crippen LogP contribution in [0.25, 0.3) is 22.2 Å². The first-order valence-electron chi connectivity index (χ1n) is 12.7. The smallest absolute Gasteiger partial charge is 0.341 e. The van der Waals surface area contributed by atoms with Crippen LogP contribution in [-0.4, -0.2) is 61.8 Å². The summed E-state index contributed by atoms with van der Waals surface area (Å²) in [7, 11) is 5.39. The van der Waals surface area contributed by atoms with E-state index >= 15 is 0 Å². The Hall–Kier alpha value is -4.31. The van der Waals surface area contributed by atoms with Crippen molar-refractivity contribution < 1.29 is 14.3 Å². The van der Waals surface area contributed by atoms with Gasteiger partial charge in [0.05, 0.1) is 36.5 Å². The van der Waals surface area contributed by atoms with E-state index in [9.17, 15) is 4.79 Å². The van der Waals surface area contributed by atoms with Crippen molar-refractivity contribution in [3.05, 3.63) is 54.4 Å². The van der Waals surface area contributed by atoms with Crippen LogP contribution in [0.1, 0.15) is 30.1 Å². The van der Waals surface area contributed by atoms with E-state index in [0.717, 1.165) is 22.2 Å². The molecule has 0 saturated carbocycles. The third-order valence-electron chi connectivity index (χ3n) is 6.16. The Kier molecular flexibility index (Phi) is 8.65. The van der Waals surface area contributed by atoms with Crippen molar-refractivity contribution in [2.24, 2.45) is 0 Å². The lowest BCUT2D eigenvalue weighted by Crippen LogP contribution is -2.12. The largest absolute Gasteiger partial charge is 0.494 e. The number of hydrogen-bond donors (Lipinski definition) is 4. The van der Waals surface area contributed by atoms with Crippen LogP contribution >= 0.6 is 0 Å². The van der Waals surface area contributed by atoms with Gasteiger partial charge in [-0.2, -0.15) is 0 Å². The summed E-state index contributed by atoms with van der Waals surface area (Å²) in [4.78, 5) is 26.8. The monoisotopic (exact) mass is 517 g/mol. The first kappa shape index (κ1) is 26.7. The molecule has 0 unspecified atom stereocenters. The van der Waals surface area contributed by atoms with Crippen molar-refractivity contribution in [2.45, 2.75) is 19.8 Å². The highest BCUT2D eigenvalue weighted by molar-refractivity contribution is 6.02. The summed E-state index contributed by atoms with van der Waals surface area (Å²) < 4.78 is 10.8. The van der Waals surface area contributed by atoms with Crippen molar-refractivity contribution >= 4 is 39.9 Å². The number of nitrogens with one attached hydrogen (secondary N) is 3. The summed E-state index contributed by atoms with van der Waals surface area (Å²) in [5.74, 6) is 0.389. The Bertz CT molecular complexity index is 1390. The lowest BCUT2D eigenvalue weighted by atomic mass is 10.1. The molecule has 0 bridgehead atoms. The first-order valence-corrected chi connectivity index (χ1v) is 12.7. The normalized spacial score (nSPS) is 12.5. The maximum absolute atomic E-state index is 12.6. The number of aromatic amines is 1. The van der Waals surface area contributed by atoms with Crippen molar-refractivity contribution in [1.82, 2.24) is 20.3 Å². The molecule has 1 aliphatic heterocycles. The molecule has 0 amide bonds. The number of nitrogens with zero attached hydrogens (tertiary/aromatic N) is 3. The zero-order valence-corrected chi connectivity index (χ0v) is 22.3. The third kappa shape index (κ3) is 5.97. The fourth-order valence-corrected chi connectivity index (χ4v) is 4.26. The summed E-state index contributed by atoms with van der Waals surface area (Å²) in [6.45, 7) is 4.51. The first-order chi connectivity index (χ1) is 18.4. The third-order valence-corrected chi connectivity index (χ3v) is 6.16. The van der Waals surface area contributed by atoms with Crippen molar-refractivity contribution in [2.75, 3.05) is 56.9 Å². The van der Waals surface area contributed by atoms with Crippen LogP contribution in [0.3, 0.4) is 0 Å². The summed E-state index contributed by atoms with van der Waals surface area (Å²) >= 11 is 0. The molecule has 0 aliphatic carbocycles. The molecule has 4 aromatic rings. The lowest BCUT2D eigenvalue weighted by molar-refractivity contribution is 0.0526. The van der Waals surface area contributed by atoms with Crippen molar-refractivity contribution in [3.8, 4) is 17.0 Å². The van der Waals surface area contributed by atoms with Crippen LogP contribution in [0.4, 0.5) is 23.0 Å². The number of rotatable bonds is 7. The number of nitrogen functional groups attached to an aromatic ring is 1. The van der Waals surface area contributed by atoms with Crippen LogP contribution in [0.5, 0.6) is 5.75 Å². The number of H-pyrrole nitrogens is 1. The number of anilines is 4. The van der Waals surface area contributed by atoms with E-state index in [2.05, 4.69) is 25.6 Å². The zero-order valence-electron chi connectivity index (χ0n) is 22.3. The van der Waals surface area contributed by atoms with Gasteiger partial charge in [0.15, 0.2) is 0 Å². The highest BCUT2D eigenvalue weighted by Gasteiger charge is 2.21. The number of aromatic nitrogens is 3. The highest BCUT2D eigenvalue weighted by atomic mass is 16.5. The van der Waals surface area contributed by atoms with E-state index in [1.54, 1.807) is 20.1 Å². The molecule has 10 heteroatoms. The number of nitrogens with two attached hydrogens (primary N) is 1. The van der Waals surface area contributed by atoms with Gasteiger partial charge in [0.1, 0.15) is 11.3 Å². The molecule has 0 radical (unpaired) electrons. The SMILES string of the molecule is C1CCNC1.CCOC(=O)c1cnc(Nc2cc(N)c(N(C)C)cc2OC)nc1-c1c[nH]c2ccccc12. The quantitative estimate of drug-likeness (QED) is 0.206. The van der Waals surface area contributed by atoms with Gasteiger partial charge in [0.25, 0.3) is 0 Å². The molecule has 2 aromatic carbocycles. The highest BCUT2D eigenvalue weighted by Crippen LogP contribution is 2.36. The van der Waals surface area contributed by atoms with Crippen LogP contribution < -0.4 is 26.0 Å². The molecule has 1 aliphatic rings. The average Bonchev–Trinajstić information content (AvgIpc) is 3.62. The summed E-state index contributed by atoms with van der Waals surface area (Å²) in [5.41, 5.74) is 10.7. The Morgan fingerprint density at radius 2 is 1.95 bits per heavy atom. The number of fused-ring (bicyclic) bond motifs is 1. The Labute approximate surface area is 222 Å². The number of carbonyl (C=O) groups excluding carboxylic acids is 1. The maximum Gasteiger partial charge on any atom is 0.341 e. The van der Waals surface area contributed by atoms with Gasteiger partial charge in [-0.1, -0.05) is 18.2 Å². The molecule has 200 valence electrons. The number of methoxy groups -OCH3 is 1. The Morgan fingerprint density at radius 1 is 1.18 bits per heavy atom. The van der Waals surface area contributed by atoms with Crippen molar-refractivity contribution in [3.63, 3.8) is 0 Å². The standard InChI is InChI=1S/C24H26N6O3.C4H9N/c1-5-33-23(31)16-13-27-24(28-19-10-17(25)20(30(2)3)11-21(19)32-4)29-22(16)15-12-26-18-9-7-6-8-14(15)18;1-2-4-5-3-1/h6-13,26H,5,25H2,1-4H3,(H,27,28,29);5H,1-4H2. The van der Waals surface area contributed by atoms with Gasteiger partial charge < -0.3 is 35.7 Å². The molecule has 1 fully saturated rings. The van der Waals surface area contributed by atoms with E-state index in [4.69, 9.17) is 15.2 Å². The van der Waals surface area contributed by atoms with Crippen LogP contribution in [-0.2, 0) is 4.74 Å². The van der Waals surface area contributed by atoms with E-state index in [1.165, 1.54) is 32.1 Å². The van der Waals surface area contributed by atoms with E-state index in [0.29, 0.717) is 28.8 Å². The molecule has 0 atom stereocenters. The molecule has 1 saturated heterocycles. The van der Waals surface area contributed by atoms with Gasteiger partial charge in [-0.25, -0.2) is 14.8 Å². The minimum absolute atomic E-state index is 0.251. The molecular formula is C28H35N7O3. The Balaban J connectivity index is 0.000000603. The molecule has 5 rings (SSSR count). The fraction of sp³-hybridized carbons (Fsp3) is 0.321. The minimum Gasteiger partial charge on any atom is -0.494 e. The van der Waals surface area contributed by atoms with Crippen LogP contribution in [0.15, 0.2) is 48.8 Å². The molecule has 5 N–H and O–H groups in total. The van der Waals surface area contributed by atoms with Gasteiger partial charge in [0.2, 0.25) is 5.95 Å². The molecule has 3 heterocycles. The molecule has 10 nitrogen and oxygen atoms in total. The second-order valence-corrected chi connectivity index (χ2v) is 9.01. The van der Waals surface area contributed by atoms with E-state index in [-0.39, 0.29) is 12.2 Å². The number of benzene rings is 2. The maximum atomic E-state index is 12.6. The predicted molar refractivity (Wildman–Crippen MR) is 152 cm³/mol. The number of esters is 1. The number of para-hydroxylation sites is 1. The molecular weight excluding hydrogens is 482 g/mol. The second kappa shape index (κ2) is 12.3.